The Hall–Kier alpha value is -1.74. The predicted octanol–water partition coefficient (Wildman–Crippen LogP) is 1.78. The molecule has 0 aliphatic carbocycles. The Morgan fingerprint density at radius 1 is 0.960 bits per heavy atom. The fraction of sp³-hybridized carbons (Fsp3) is 0.647. The van der Waals surface area contributed by atoms with Gasteiger partial charge in [-0.25, -0.2) is 0 Å². The normalized spacial score (nSPS) is 15.2. The molecule has 1 saturated heterocycles. The van der Waals surface area contributed by atoms with Gasteiger partial charge in [0, 0.05) is 12.1 Å². The van der Waals surface area contributed by atoms with E-state index in [4.69, 9.17) is 18.9 Å². The maximum absolute atomic E-state index is 10.5. The van der Waals surface area contributed by atoms with E-state index >= 15 is 0 Å². The van der Waals surface area contributed by atoms with E-state index in [-0.39, 0.29) is 5.69 Å². The lowest BCUT2D eigenvalue weighted by atomic mass is 10.1. The van der Waals surface area contributed by atoms with Crippen molar-refractivity contribution in [3.8, 4) is 5.75 Å². The second kappa shape index (κ2) is 11.8. The molecule has 1 aromatic rings. The van der Waals surface area contributed by atoms with E-state index in [1.54, 1.807) is 12.1 Å². The molecule has 0 amide bonds. The van der Waals surface area contributed by atoms with Crippen LogP contribution in [-0.2, 0) is 14.2 Å². The van der Waals surface area contributed by atoms with Gasteiger partial charge in [0.2, 0.25) is 0 Å². The quantitative estimate of drug-likeness (QED) is 0.347. The van der Waals surface area contributed by atoms with Crippen molar-refractivity contribution in [1.29, 1.82) is 0 Å². The lowest BCUT2D eigenvalue weighted by molar-refractivity contribution is -0.384. The zero-order valence-electron chi connectivity index (χ0n) is 14.4. The molecule has 1 aromatic carbocycles. The van der Waals surface area contributed by atoms with E-state index in [0.717, 1.165) is 25.9 Å². The van der Waals surface area contributed by atoms with Gasteiger partial charge < -0.3 is 24.3 Å². The number of non-ortho nitro benzene ring substituents is 1. The maximum atomic E-state index is 10.5. The first kappa shape index (κ1) is 19.6. The molecule has 8 nitrogen and oxygen atoms in total. The summed E-state index contributed by atoms with van der Waals surface area (Å²) in [5.74, 6) is 0.584. The molecule has 8 heteroatoms. The zero-order valence-corrected chi connectivity index (χ0v) is 14.4. The fourth-order valence-electron chi connectivity index (χ4n) is 2.44. The molecule has 0 spiro atoms. The molecule has 1 aliphatic heterocycles. The van der Waals surface area contributed by atoms with Gasteiger partial charge in [0.1, 0.15) is 12.4 Å². The van der Waals surface area contributed by atoms with Crippen molar-refractivity contribution < 1.29 is 23.9 Å². The third-order valence-corrected chi connectivity index (χ3v) is 3.78. The lowest BCUT2D eigenvalue weighted by Gasteiger charge is -2.22. The van der Waals surface area contributed by atoms with Crippen molar-refractivity contribution in [3.63, 3.8) is 0 Å². The minimum atomic E-state index is -0.440. The molecule has 1 heterocycles. The van der Waals surface area contributed by atoms with Crippen LogP contribution in [0.15, 0.2) is 24.3 Å². The van der Waals surface area contributed by atoms with Crippen LogP contribution in [0.3, 0.4) is 0 Å². The summed E-state index contributed by atoms with van der Waals surface area (Å²) in [4.78, 5) is 10.1. The lowest BCUT2D eigenvalue weighted by Crippen LogP contribution is -2.33. The summed E-state index contributed by atoms with van der Waals surface area (Å²) >= 11 is 0. The molecule has 0 bridgehead atoms. The minimum Gasteiger partial charge on any atom is -0.491 e. The number of nitrogens with zero attached hydrogens (tertiary/aromatic N) is 1. The molecule has 1 aliphatic rings. The third-order valence-electron chi connectivity index (χ3n) is 3.78. The van der Waals surface area contributed by atoms with Crippen LogP contribution in [0.5, 0.6) is 5.75 Å². The summed E-state index contributed by atoms with van der Waals surface area (Å²) in [5, 5.41) is 13.8. The van der Waals surface area contributed by atoms with Crippen LogP contribution >= 0.6 is 0 Å². The maximum Gasteiger partial charge on any atom is 0.269 e. The molecule has 25 heavy (non-hydrogen) atoms. The summed E-state index contributed by atoms with van der Waals surface area (Å²) in [7, 11) is 0. The number of ether oxygens (including phenoxy) is 4. The smallest absolute Gasteiger partial charge is 0.269 e. The number of nitrogens with one attached hydrogen (secondary N) is 1. The first-order valence-electron chi connectivity index (χ1n) is 8.61. The van der Waals surface area contributed by atoms with E-state index in [2.05, 4.69) is 5.32 Å². The van der Waals surface area contributed by atoms with Crippen LogP contribution in [-0.4, -0.2) is 63.8 Å². The number of piperidine rings is 1. The summed E-state index contributed by atoms with van der Waals surface area (Å²) in [5.41, 5.74) is 0.0462. The Balaban J connectivity index is 1.38. The molecule has 0 aromatic heterocycles. The number of nitro benzene ring substituents is 1. The largest absolute Gasteiger partial charge is 0.491 e. The number of hydrogen-bond acceptors (Lipinski definition) is 7. The van der Waals surface area contributed by atoms with Gasteiger partial charge in [0.05, 0.1) is 44.1 Å². The highest BCUT2D eigenvalue weighted by atomic mass is 16.6. The van der Waals surface area contributed by atoms with Gasteiger partial charge in [-0.3, -0.25) is 10.1 Å². The molecule has 0 saturated carbocycles. The molecule has 2 rings (SSSR count). The Morgan fingerprint density at radius 3 is 2.20 bits per heavy atom. The molecule has 0 unspecified atom stereocenters. The number of hydrogen-bond donors (Lipinski definition) is 1. The Labute approximate surface area is 147 Å². The molecule has 140 valence electrons. The summed E-state index contributed by atoms with van der Waals surface area (Å²) in [6.07, 6.45) is 2.49. The van der Waals surface area contributed by atoms with E-state index in [1.807, 2.05) is 0 Å². The average Bonchev–Trinajstić information content (AvgIpc) is 2.64. The van der Waals surface area contributed by atoms with Crippen LogP contribution < -0.4 is 10.1 Å². The number of nitro groups is 1. The van der Waals surface area contributed by atoms with Gasteiger partial charge in [-0.05, 0) is 38.1 Å². The first-order valence-corrected chi connectivity index (χ1v) is 8.61. The van der Waals surface area contributed by atoms with Crippen molar-refractivity contribution in [2.75, 3.05) is 52.7 Å². The van der Waals surface area contributed by atoms with Gasteiger partial charge >= 0.3 is 0 Å². The topological polar surface area (TPSA) is 92.1 Å². The molecular weight excluding hydrogens is 328 g/mol. The van der Waals surface area contributed by atoms with E-state index < -0.39 is 4.92 Å². The molecule has 1 N–H and O–H groups in total. The minimum absolute atomic E-state index is 0.0462. The van der Waals surface area contributed by atoms with Crippen molar-refractivity contribution in [2.24, 2.45) is 0 Å². The number of rotatable bonds is 12. The summed E-state index contributed by atoms with van der Waals surface area (Å²) in [6.45, 7) is 5.09. The molecule has 0 radical (unpaired) electrons. The van der Waals surface area contributed by atoms with Gasteiger partial charge in [0.15, 0.2) is 0 Å². The van der Waals surface area contributed by atoms with Crippen molar-refractivity contribution in [2.45, 2.75) is 18.9 Å². The Morgan fingerprint density at radius 2 is 1.56 bits per heavy atom. The van der Waals surface area contributed by atoms with Gasteiger partial charge in [-0.15, -0.1) is 0 Å². The van der Waals surface area contributed by atoms with E-state index in [9.17, 15) is 10.1 Å². The van der Waals surface area contributed by atoms with Gasteiger partial charge in [-0.1, -0.05) is 0 Å². The Bertz CT molecular complexity index is 490. The van der Waals surface area contributed by atoms with Gasteiger partial charge in [-0.2, -0.15) is 0 Å². The van der Waals surface area contributed by atoms with Crippen LogP contribution in [0, 0.1) is 10.1 Å². The van der Waals surface area contributed by atoms with Crippen LogP contribution in [0.4, 0.5) is 5.69 Å². The third kappa shape index (κ3) is 8.26. The zero-order chi connectivity index (χ0) is 17.7. The molecule has 0 atom stereocenters. The molecule has 1 fully saturated rings. The predicted molar refractivity (Wildman–Crippen MR) is 92.1 cm³/mol. The van der Waals surface area contributed by atoms with Crippen molar-refractivity contribution >= 4 is 5.69 Å². The molecular formula is C17H26N2O6. The summed E-state index contributed by atoms with van der Waals surface area (Å²) < 4.78 is 22.0. The second-order valence-corrected chi connectivity index (χ2v) is 5.64. The average molecular weight is 354 g/mol. The first-order chi connectivity index (χ1) is 12.3. The highest BCUT2D eigenvalue weighted by Crippen LogP contribution is 2.17. The summed E-state index contributed by atoms with van der Waals surface area (Å²) in [6, 6.07) is 5.97. The Kier molecular flexibility index (Phi) is 9.21. The highest BCUT2D eigenvalue weighted by molar-refractivity contribution is 5.35. The fourth-order valence-corrected chi connectivity index (χ4v) is 2.44. The van der Waals surface area contributed by atoms with Crippen LogP contribution in [0.1, 0.15) is 12.8 Å². The SMILES string of the molecule is O=[N+]([O-])c1ccc(OCCOCCOCCOC2CCNCC2)cc1. The second-order valence-electron chi connectivity index (χ2n) is 5.64. The van der Waals surface area contributed by atoms with Crippen LogP contribution in [0.2, 0.25) is 0 Å². The van der Waals surface area contributed by atoms with Crippen LogP contribution in [0.25, 0.3) is 0 Å². The van der Waals surface area contributed by atoms with Crippen molar-refractivity contribution in [3.05, 3.63) is 34.4 Å². The van der Waals surface area contributed by atoms with Crippen molar-refractivity contribution in [1.82, 2.24) is 5.32 Å². The van der Waals surface area contributed by atoms with Gasteiger partial charge in [0.25, 0.3) is 5.69 Å². The highest BCUT2D eigenvalue weighted by Gasteiger charge is 2.12. The van der Waals surface area contributed by atoms with E-state index in [0.29, 0.717) is 51.5 Å². The number of benzene rings is 1. The van der Waals surface area contributed by atoms with E-state index in [1.165, 1.54) is 12.1 Å². The standard InChI is InChI=1S/C17H26N2O6/c20-19(21)15-1-3-16(4-2-15)24-13-11-22-9-10-23-12-14-25-17-5-7-18-8-6-17/h1-4,17-18H,5-14H2. The monoisotopic (exact) mass is 354 g/mol.